The molecule has 1 nitrogen and oxygen atoms in total. The Bertz CT molecular complexity index is 230. The van der Waals surface area contributed by atoms with E-state index in [4.69, 9.17) is 0 Å². The van der Waals surface area contributed by atoms with E-state index in [-0.39, 0.29) is 11.9 Å². The molecular formula is C10H13FO. The summed E-state index contributed by atoms with van der Waals surface area (Å²) in [5.74, 6) is -0.232. The van der Waals surface area contributed by atoms with Gasteiger partial charge in [-0.3, -0.25) is 0 Å². The minimum atomic E-state index is -0.310. The highest BCUT2D eigenvalue weighted by atomic mass is 19.1. The van der Waals surface area contributed by atoms with Gasteiger partial charge in [-0.25, -0.2) is 4.39 Å². The molecule has 0 aliphatic rings. The molecule has 0 saturated carbocycles. The van der Waals surface area contributed by atoms with Gasteiger partial charge in [0.2, 0.25) is 0 Å². The van der Waals surface area contributed by atoms with Gasteiger partial charge in [-0.05, 0) is 30.5 Å². The summed E-state index contributed by atoms with van der Waals surface area (Å²) in [6.45, 7) is 1.92. The molecule has 1 N–H and O–H groups in total. The maximum absolute atomic E-state index is 12.4. The van der Waals surface area contributed by atoms with Crippen LogP contribution in [0.5, 0.6) is 0 Å². The maximum Gasteiger partial charge on any atom is 0.123 e. The van der Waals surface area contributed by atoms with Gasteiger partial charge in [-0.1, -0.05) is 19.1 Å². The van der Waals surface area contributed by atoms with Gasteiger partial charge in [0.15, 0.2) is 0 Å². The Balaban J connectivity index is 2.58. The number of aliphatic hydroxyl groups excluding tert-OH is 1. The third-order valence-corrected chi connectivity index (χ3v) is 1.86. The minimum Gasteiger partial charge on any atom is -0.393 e. The summed E-state index contributed by atoms with van der Waals surface area (Å²) in [6.07, 6.45) is 1.03. The highest BCUT2D eigenvalue weighted by molar-refractivity contribution is 5.16. The van der Waals surface area contributed by atoms with Crippen molar-refractivity contribution in [3.63, 3.8) is 0 Å². The fraction of sp³-hybridized carbons (Fsp3) is 0.400. The first-order valence-electron chi connectivity index (χ1n) is 4.15. The van der Waals surface area contributed by atoms with Crippen molar-refractivity contribution in [3.8, 4) is 0 Å². The average Bonchev–Trinajstić information content (AvgIpc) is 2.09. The van der Waals surface area contributed by atoms with E-state index in [1.807, 2.05) is 6.92 Å². The molecule has 1 aromatic rings. The molecule has 0 bridgehead atoms. The summed E-state index contributed by atoms with van der Waals surface area (Å²) in [5.41, 5.74) is 0.978. The van der Waals surface area contributed by atoms with Crippen LogP contribution in [0.1, 0.15) is 18.9 Å². The van der Waals surface area contributed by atoms with Crippen molar-refractivity contribution in [2.45, 2.75) is 25.9 Å². The predicted octanol–water partition coefficient (Wildman–Crippen LogP) is 2.14. The zero-order chi connectivity index (χ0) is 8.97. The Hall–Kier alpha value is -0.890. The molecule has 0 amide bonds. The third-order valence-electron chi connectivity index (χ3n) is 1.86. The Morgan fingerprint density at radius 3 is 2.42 bits per heavy atom. The number of hydrogen-bond acceptors (Lipinski definition) is 1. The van der Waals surface area contributed by atoms with Crippen LogP contribution >= 0.6 is 0 Å². The Labute approximate surface area is 71.9 Å². The van der Waals surface area contributed by atoms with E-state index in [9.17, 15) is 9.50 Å². The Morgan fingerprint density at radius 2 is 1.92 bits per heavy atom. The minimum absolute atomic E-state index is 0.232. The molecular weight excluding hydrogens is 155 g/mol. The van der Waals surface area contributed by atoms with E-state index in [0.717, 1.165) is 12.0 Å². The van der Waals surface area contributed by atoms with Gasteiger partial charge in [0.1, 0.15) is 5.82 Å². The van der Waals surface area contributed by atoms with E-state index in [1.165, 1.54) is 12.1 Å². The zero-order valence-electron chi connectivity index (χ0n) is 7.13. The second-order valence-corrected chi connectivity index (χ2v) is 2.89. The van der Waals surface area contributed by atoms with Crippen LogP contribution in [0.15, 0.2) is 24.3 Å². The highest BCUT2D eigenvalue weighted by Crippen LogP contribution is 2.06. The SMILES string of the molecule is CC[C@@H](O)Cc1ccc(F)cc1. The number of rotatable bonds is 3. The van der Waals surface area contributed by atoms with Crippen molar-refractivity contribution in [2.75, 3.05) is 0 Å². The van der Waals surface area contributed by atoms with Gasteiger partial charge >= 0.3 is 0 Å². The lowest BCUT2D eigenvalue weighted by Crippen LogP contribution is -2.08. The monoisotopic (exact) mass is 168 g/mol. The molecule has 0 aliphatic carbocycles. The van der Waals surface area contributed by atoms with Crippen LogP contribution < -0.4 is 0 Å². The van der Waals surface area contributed by atoms with Gasteiger partial charge in [0.05, 0.1) is 6.10 Å². The molecule has 0 unspecified atom stereocenters. The van der Waals surface area contributed by atoms with Crippen molar-refractivity contribution in [2.24, 2.45) is 0 Å². The number of aliphatic hydroxyl groups is 1. The summed E-state index contributed by atoms with van der Waals surface area (Å²) >= 11 is 0. The molecule has 0 fully saturated rings. The van der Waals surface area contributed by atoms with E-state index in [1.54, 1.807) is 12.1 Å². The quantitative estimate of drug-likeness (QED) is 0.733. The number of benzene rings is 1. The molecule has 0 aromatic heterocycles. The van der Waals surface area contributed by atoms with Crippen LogP contribution in [0.3, 0.4) is 0 Å². The first-order chi connectivity index (χ1) is 5.72. The van der Waals surface area contributed by atoms with Crippen LogP contribution in [0.2, 0.25) is 0 Å². The lowest BCUT2D eigenvalue weighted by Gasteiger charge is -2.06. The zero-order valence-corrected chi connectivity index (χ0v) is 7.13. The van der Waals surface area contributed by atoms with Gasteiger partial charge in [0, 0.05) is 0 Å². The molecule has 2 heteroatoms. The first kappa shape index (κ1) is 9.20. The van der Waals surface area contributed by atoms with Gasteiger partial charge in [-0.2, -0.15) is 0 Å². The molecule has 0 radical (unpaired) electrons. The number of hydrogen-bond donors (Lipinski definition) is 1. The van der Waals surface area contributed by atoms with Crippen molar-refractivity contribution >= 4 is 0 Å². The van der Waals surface area contributed by atoms with Crippen LogP contribution in [0, 0.1) is 5.82 Å². The van der Waals surface area contributed by atoms with Crippen LogP contribution in [-0.2, 0) is 6.42 Å². The fourth-order valence-electron chi connectivity index (χ4n) is 1.04. The molecule has 0 spiro atoms. The first-order valence-corrected chi connectivity index (χ1v) is 4.15. The van der Waals surface area contributed by atoms with Gasteiger partial charge < -0.3 is 5.11 Å². The topological polar surface area (TPSA) is 20.2 Å². The lowest BCUT2D eigenvalue weighted by atomic mass is 10.1. The molecule has 1 atom stereocenters. The van der Waals surface area contributed by atoms with Crippen molar-refractivity contribution in [1.29, 1.82) is 0 Å². The molecule has 12 heavy (non-hydrogen) atoms. The van der Waals surface area contributed by atoms with E-state index < -0.39 is 0 Å². The fourth-order valence-corrected chi connectivity index (χ4v) is 1.04. The van der Waals surface area contributed by atoms with E-state index >= 15 is 0 Å². The summed E-state index contributed by atoms with van der Waals surface area (Å²) in [7, 11) is 0. The van der Waals surface area contributed by atoms with Crippen molar-refractivity contribution in [3.05, 3.63) is 35.6 Å². The van der Waals surface area contributed by atoms with Crippen LogP contribution in [-0.4, -0.2) is 11.2 Å². The van der Waals surface area contributed by atoms with Crippen molar-refractivity contribution < 1.29 is 9.50 Å². The van der Waals surface area contributed by atoms with Crippen molar-refractivity contribution in [1.82, 2.24) is 0 Å². The number of halogens is 1. The maximum atomic E-state index is 12.4. The normalized spacial score (nSPS) is 12.9. The van der Waals surface area contributed by atoms with E-state index in [0.29, 0.717) is 6.42 Å². The molecule has 1 rings (SSSR count). The van der Waals surface area contributed by atoms with E-state index in [2.05, 4.69) is 0 Å². The van der Waals surface area contributed by atoms with Crippen LogP contribution in [0.4, 0.5) is 4.39 Å². The standard InChI is InChI=1S/C10H13FO/c1-2-10(12)7-8-3-5-9(11)6-4-8/h3-6,10,12H,2,7H2,1H3/t10-/m1/s1. The summed E-state index contributed by atoms with van der Waals surface area (Å²) in [6, 6.07) is 6.23. The Kier molecular flexibility index (Phi) is 3.23. The molecule has 0 heterocycles. The van der Waals surface area contributed by atoms with Crippen LogP contribution in [0.25, 0.3) is 0 Å². The second-order valence-electron chi connectivity index (χ2n) is 2.89. The predicted molar refractivity (Wildman–Crippen MR) is 46.4 cm³/mol. The average molecular weight is 168 g/mol. The third kappa shape index (κ3) is 2.62. The Morgan fingerprint density at radius 1 is 1.33 bits per heavy atom. The summed E-state index contributed by atoms with van der Waals surface area (Å²) in [5, 5.41) is 9.29. The largest absolute Gasteiger partial charge is 0.393 e. The molecule has 66 valence electrons. The molecule has 0 aliphatic heterocycles. The molecule has 0 saturated heterocycles. The van der Waals surface area contributed by atoms with Gasteiger partial charge in [-0.15, -0.1) is 0 Å². The summed E-state index contributed by atoms with van der Waals surface area (Å²) in [4.78, 5) is 0. The smallest absolute Gasteiger partial charge is 0.123 e. The highest BCUT2D eigenvalue weighted by Gasteiger charge is 2.01. The second kappa shape index (κ2) is 4.21. The van der Waals surface area contributed by atoms with Gasteiger partial charge in [0.25, 0.3) is 0 Å². The molecule has 1 aromatic carbocycles. The lowest BCUT2D eigenvalue weighted by molar-refractivity contribution is 0.171. The summed E-state index contributed by atoms with van der Waals surface area (Å²) < 4.78 is 12.4.